The third-order valence-corrected chi connectivity index (χ3v) is 2.95. The number of ketones is 1. The van der Waals surface area contributed by atoms with E-state index < -0.39 is 0 Å². The Morgan fingerprint density at radius 2 is 1.30 bits per heavy atom. The van der Waals surface area contributed by atoms with Gasteiger partial charge in [-0.15, -0.1) is 0 Å². The van der Waals surface area contributed by atoms with E-state index in [9.17, 15) is 4.79 Å². The largest absolute Gasteiger partial charge is 0.379 e. The fourth-order valence-electron chi connectivity index (χ4n) is 1.60. The lowest BCUT2D eigenvalue weighted by Crippen LogP contribution is -2.13. The Balaban J connectivity index is 3.08. The molecule has 0 fully saturated rings. The minimum atomic E-state index is 0.0997. The molecule has 0 unspecified atom stereocenters. The first-order valence-electron chi connectivity index (χ1n) is 7.80. The van der Waals surface area contributed by atoms with Crippen molar-refractivity contribution in [1.82, 2.24) is 0 Å². The Morgan fingerprint density at radius 3 is 1.80 bits per heavy atom. The monoisotopic (exact) mass is 288 g/mol. The van der Waals surface area contributed by atoms with Crippen LogP contribution in [0.3, 0.4) is 0 Å². The number of carbonyl (C=O) groups is 1. The molecule has 0 aliphatic heterocycles. The van der Waals surface area contributed by atoms with Gasteiger partial charge in [-0.2, -0.15) is 0 Å². The van der Waals surface area contributed by atoms with Gasteiger partial charge in [0, 0.05) is 18.9 Å². The Hall–Kier alpha value is -0.450. The van der Waals surface area contributed by atoms with Crippen LogP contribution in [0.2, 0.25) is 0 Å². The second-order valence-electron chi connectivity index (χ2n) is 5.74. The zero-order valence-electron chi connectivity index (χ0n) is 13.7. The van der Waals surface area contributed by atoms with E-state index in [4.69, 9.17) is 14.2 Å². The highest BCUT2D eigenvalue weighted by Gasteiger charge is 2.05. The van der Waals surface area contributed by atoms with E-state index in [1.165, 1.54) is 6.42 Å². The lowest BCUT2D eigenvalue weighted by atomic mass is 10.1. The van der Waals surface area contributed by atoms with Gasteiger partial charge in [-0.05, 0) is 18.8 Å². The molecule has 0 aromatic heterocycles. The first-order chi connectivity index (χ1) is 9.54. The molecule has 0 N–H and O–H groups in total. The zero-order chi connectivity index (χ0) is 15.2. The third kappa shape index (κ3) is 14.0. The van der Waals surface area contributed by atoms with E-state index in [1.54, 1.807) is 0 Å². The van der Waals surface area contributed by atoms with Crippen LogP contribution in [0, 0.1) is 11.8 Å². The maximum atomic E-state index is 11.3. The summed E-state index contributed by atoms with van der Waals surface area (Å²) < 4.78 is 16.2. The first kappa shape index (κ1) is 19.6. The van der Waals surface area contributed by atoms with Crippen LogP contribution in [0.15, 0.2) is 0 Å². The van der Waals surface area contributed by atoms with Crippen molar-refractivity contribution < 1.29 is 19.0 Å². The molecule has 0 amide bonds. The van der Waals surface area contributed by atoms with Gasteiger partial charge >= 0.3 is 0 Å². The molecular formula is C16H32O4. The minimum absolute atomic E-state index is 0.0997. The van der Waals surface area contributed by atoms with E-state index in [2.05, 4.69) is 13.8 Å². The molecule has 0 bridgehead atoms. The molecule has 20 heavy (non-hydrogen) atoms. The first-order valence-corrected chi connectivity index (χ1v) is 7.80. The van der Waals surface area contributed by atoms with Gasteiger partial charge in [-0.3, -0.25) is 4.79 Å². The molecular weight excluding hydrogens is 256 g/mol. The topological polar surface area (TPSA) is 44.8 Å². The summed E-state index contributed by atoms with van der Waals surface area (Å²) in [5.41, 5.74) is 0. The van der Waals surface area contributed by atoms with Crippen LogP contribution in [0.4, 0.5) is 0 Å². The van der Waals surface area contributed by atoms with E-state index >= 15 is 0 Å². The number of ether oxygens (including phenoxy) is 3. The van der Waals surface area contributed by atoms with Crippen molar-refractivity contribution in [3.05, 3.63) is 0 Å². The van der Waals surface area contributed by atoms with Crippen LogP contribution in [-0.4, -0.2) is 45.4 Å². The normalized spacial score (nSPS) is 11.5. The quantitative estimate of drug-likeness (QED) is 0.461. The Labute approximate surface area is 124 Å². The van der Waals surface area contributed by atoms with Gasteiger partial charge in [0.05, 0.1) is 33.0 Å². The molecule has 0 rings (SSSR count). The fourth-order valence-corrected chi connectivity index (χ4v) is 1.60. The molecule has 0 atom stereocenters. The van der Waals surface area contributed by atoms with E-state index in [0.717, 1.165) is 18.9 Å². The summed E-state index contributed by atoms with van der Waals surface area (Å²) in [6, 6.07) is 0. The summed E-state index contributed by atoms with van der Waals surface area (Å²) in [6.07, 6.45) is 2.82. The van der Waals surface area contributed by atoms with Gasteiger partial charge in [-0.25, -0.2) is 0 Å². The highest BCUT2D eigenvalue weighted by Crippen LogP contribution is 2.02. The molecule has 4 nitrogen and oxygen atoms in total. The van der Waals surface area contributed by atoms with E-state index in [0.29, 0.717) is 39.5 Å². The van der Waals surface area contributed by atoms with Crippen LogP contribution in [0.5, 0.6) is 0 Å². The smallest absolute Gasteiger partial charge is 0.137 e. The lowest BCUT2D eigenvalue weighted by Gasteiger charge is -2.08. The van der Waals surface area contributed by atoms with Gasteiger partial charge in [0.2, 0.25) is 0 Å². The van der Waals surface area contributed by atoms with Gasteiger partial charge in [-0.1, -0.05) is 27.7 Å². The second-order valence-corrected chi connectivity index (χ2v) is 5.74. The van der Waals surface area contributed by atoms with Crippen molar-refractivity contribution in [2.45, 2.75) is 47.0 Å². The Morgan fingerprint density at radius 1 is 0.800 bits per heavy atom. The molecule has 0 saturated heterocycles. The summed E-state index contributed by atoms with van der Waals surface area (Å²) >= 11 is 0. The maximum Gasteiger partial charge on any atom is 0.137 e. The minimum Gasteiger partial charge on any atom is -0.379 e. The summed E-state index contributed by atoms with van der Waals surface area (Å²) in [5, 5.41) is 0. The highest BCUT2D eigenvalue weighted by molar-refractivity contribution is 5.80. The molecule has 0 radical (unpaired) electrons. The van der Waals surface area contributed by atoms with E-state index in [-0.39, 0.29) is 11.7 Å². The SMILES string of the molecule is CC(C)CCCOCCOCCOCCC(=O)C(C)C. The molecule has 0 aromatic rings. The molecule has 0 saturated carbocycles. The molecule has 0 aromatic carbocycles. The number of hydrogen-bond donors (Lipinski definition) is 0. The maximum absolute atomic E-state index is 11.3. The van der Waals surface area contributed by atoms with Crippen LogP contribution in [0.1, 0.15) is 47.0 Å². The van der Waals surface area contributed by atoms with Crippen molar-refractivity contribution in [2.24, 2.45) is 11.8 Å². The summed E-state index contributed by atoms with van der Waals surface area (Å²) in [5.74, 6) is 1.10. The average molecular weight is 288 g/mol. The van der Waals surface area contributed by atoms with Crippen molar-refractivity contribution >= 4 is 5.78 Å². The number of hydrogen-bond acceptors (Lipinski definition) is 4. The standard InChI is InChI=1S/C16H32O4/c1-14(2)6-5-8-18-10-12-20-13-11-19-9-7-16(17)15(3)4/h14-15H,5-13H2,1-4H3. The van der Waals surface area contributed by atoms with Gasteiger partial charge in [0.1, 0.15) is 5.78 Å². The third-order valence-electron chi connectivity index (χ3n) is 2.95. The van der Waals surface area contributed by atoms with Crippen LogP contribution in [-0.2, 0) is 19.0 Å². The van der Waals surface area contributed by atoms with Crippen molar-refractivity contribution in [2.75, 3.05) is 39.6 Å². The number of rotatable bonds is 14. The molecule has 0 spiro atoms. The highest BCUT2D eigenvalue weighted by atomic mass is 16.5. The van der Waals surface area contributed by atoms with Gasteiger partial charge in [0.15, 0.2) is 0 Å². The number of Topliss-reactive ketones (excluding diaryl/α,β-unsaturated/α-hetero) is 1. The van der Waals surface area contributed by atoms with Gasteiger partial charge < -0.3 is 14.2 Å². The van der Waals surface area contributed by atoms with Crippen molar-refractivity contribution in [1.29, 1.82) is 0 Å². The predicted molar refractivity (Wildman–Crippen MR) is 81.0 cm³/mol. The van der Waals surface area contributed by atoms with E-state index in [1.807, 2.05) is 13.8 Å². The molecule has 0 aliphatic rings. The average Bonchev–Trinajstić information content (AvgIpc) is 2.39. The van der Waals surface area contributed by atoms with Crippen molar-refractivity contribution in [3.8, 4) is 0 Å². The fraction of sp³-hybridized carbons (Fsp3) is 0.938. The summed E-state index contributed by atoms with van der Waals surface area (Å²) in [4.78, 5) is 11.3. The molecule has 0 heterocycles. The Bertz CT molecular complexity index is 227. The van der Waals surface area contributed by atoms with Crippen molar-refractivity contribution in [3.63, 3.8) is 0 Å². The second kappa shape index (κ2) is 13.5. The zero-order valence-corrected chi connectivity index (χ0v) is 13.7. The van der Waals surface area contributed by atoms with Crippen LogP contribution in [0.25, 0.3) is 0 Å². The van der Waals surface area contributed by atoms with Gasteiger partial charge in [0.25, 0.3) is 0 Å². The molecule has 4 heteroatoms. The molecule has 120 valence electrons. The summed E-state index contributed by atoms with van der Waals surface area (Å²) in [7, 11) is 0. The van der Waals surface area contributed by atoms with Crippen LogP contribution >= 0.6 is 0 Å². The van der Waals surface area contributed by atoms with Crippen LogP contribution < -0.4 is 0 Å². The molecule has 0 aliphatic carbocycles. The number of carbonyl (C=O) groups excluding carboxylic acids is 1. The Kier molecular flexibility index (Phi) is 13.2. The lowest BCUT2D eigenvalue weighted by molar-refractivity contribution is -0.123. The summed E-state index contributed by atoms with van der Waals surface area (Å²) in [6.45, 7) is 11.9. The predicted octanol–water partition coefficient (Wildman–Crippen LogP) is 3.09.